The molecule has 2 aromatic heterocycles. The van der Waals surface area contributed by atoms with E-state index in [1.807, 2.05) is 6.92 Å². The van der Waals surface area contributed by atoms with E-state index in [0.717, 1.165) is 42.5 Å². The molecule has 1 aromatic carbocycles. The molecule has 30 heavy (non-hydrogen) atoms. The van der Waals surface area contributed by atoms with Gasteiger partial charge < -0.3 is 20.4 Å². The number of nitrogen functional groups attached to an aromatic ring is 1. The van der Waals surface area contributed by atoms with Crippen molar-refractivity contribution in [2.75, 3.05) is 17.7 Å². The Morgan fingerprint density at radius 2 is 2.00 bits per heavy atom. The van der Waals surface area contributed by atoms with Gasteiger partial charge >= 0.3 is 0 Å². The van der Waals surface area contributed by atoms with Crippen molar-refractivity contribution in [3.8, 4) is 0 Å². The van der Waals surface area contributed by atoms with Crippen molar-refractivity contribution in [2.24, 2.45) is 0 Å². The average molecular weight is 430 g/mol. The lowest BCUT2D eigenvalue weighted by Gasteiger charge is -2.14. The van der Waals surface area contributed by atoms with E-state index in [-0.39, 0.29) is 17.9 Å². The fourth-order valence-electron chi connectivity index (χ4n) is 3.29. The van der Waals surface area contributed by atoms with Crippen LogP contribution in [0.1, 0.15) is 30.1 Å². The van der Waals surface area contributed by atoms with Crippen molar-refractivity contribution in [1.29, 1.82) is 0 Å². The maximum absolute atomic E-state index is 13.1. The highest BCUT2D eigenvalue weighted by Crippen LogP contribution is 2.26. The van der Waals surface area contributed by atoms with E-state index in [1.165, 1.54) is 12.1 Å². The van der Waals surface area contributed by atoms with Crippen molar-refractivity contribution in [1.82, 2.24) is 24.5 Å². The minimum Gasteiger partial charge on any atom is -0.376 e. The summed E-state index contributed by atoms with van der Waals surface area (Å²) in [6.07, 6.45) is 2.41. The summed E-state index contributed by atoms with van der Waals surface area (Å²) in [5.74, 6) is 1.17. The molecule has 3 N–H and O–H groups in total. The van der Waals surface area contributed by atoms with Crippen LogP contribution in [0, 0.1) is 19.7 Å². The zero-order valence-corrected chi connectivity index (χ0v) is 17.7. The number of aromatic nitrogens is 5. The fraction of sp³-hybridized carbons (Fsp3) is 0.400. The number of hydrogen-bond donors (Lipinski definition) is 2. The molecule has 0 aliphatic carbocycles. The highest BCUT2D eigenvalue weighted by Gasteiger charge is 2.20. The van der Waals surface area contributed by atoms with Gasteiger partial charge in [0, 0.05) is 18.0 Å². The lowest BCUT2D eigenvalue weighted by atomic mass is 10.2. The first-order valence-electron chi connectivity index (χ1n) is 9.79. The van der Waals surface area contributed by atoms with Gasteiger partial charge in [-0.25, -0.2) is 9.37 Å². The minimum atomic E-state index is -0.308. The molecule has 0 saturated carbocycles. The molecule has 4 rings (SSSR count). The highest BCUT2D eigenvalue weighted by molar-refractivity contribution is 7.98. The second-order valence-corrected chi connectivity index (χ2v) is 8.11. The molecule has 8 nitrogen and oxygen atoms in total. The van der Waals surface area contributed by atoms with Crippen LogP contribution < -0.4 is 11.1 Å². The van der Waals surface area contributed by atoms with E-state index in [4.69, 9.17) is 15.5 Å². The monoisotopic (exact) mass is 429 g/mol. The van der Waals surface area contributed by atoms with E-state index < -0.39 is 0 Å². The molecule has 1 aliphatic rings. The van der Waals surface area contributed by atoms with Crippen LogP contribution in [0.2, 0.25) is 0 Å². The van der Waals surface area contributed by atoms with Crippen LogP contribution in [0.5, 0.6) is 0 Å². The predicted molar refractivity (Wildman–Crippen MR) is 114 cm³/mol. The number of aryl methyl sites for hydroxylation is 1. The summed E-state index contributed by atoms with van der Waals surface area (Å²) in [5.41, 5.74) is 8.67. The van der Waals surface area contributed by atoms with Crippen molar-refractivity contribution < 1.29 is 9.13 Å². The number of hydrogen-bond acceptors (Lipinski definition) is 8. The normalized spacial score (nSPS) is 16.2. The zero-order valence-electron chi connectivity index (χ0n) is 16.9. The smallest absolute Gasteiger partial charge is 0.232 e. The maximum Gasteiger partial charge on any atom is 0.232 e. The summed E-state index contributed by atoms with van der Waals surface area (Å²) in [6, 6.07) is 5.94. The van der Waals surface area contributed by atoms with Gasteiger partial charge in [0.05, 0.1) is 24.1 Å². The molecular formula is C20H24FN7OS. The Bertz CT molecular complexity index is 1020. The van der Waals surface area contributed by atoms with Crippen molar-refractivity contribution in [3.05, 3.63) is 47.3 Å². The first kappa shape index (κ1) is 20.5. The SMILES string of the molecule is Cc1nc(SCc2nc(N)nc(Nc3ccc(F)cc3)n2)n(CC2CCCO2)c1C. The predicted octanol–water partition coefficient (Wildman–Crippen LogP) is 3.62. The van der Waals surface area contributed by atoms with Gasteiger partial charge in [-0.2, -0.15) is 15.0 Å². The Balaban J connectivity index is 1.47. The van der Waals surface area contributed by atoms with Crippen LogP contribution in [0.25, 0.3) is 0 Å². The second kappa shape index (κ2) is 8.97. The Morgan fingerprint density at radius 3 is 2.73 bits per heavy atom. The fourth-order valence-corrected chi connectivity index (χ4v) is 4.25. The number of nitrogens with two attached hydrogens (primary N) is 1. The largest absolute Gasteiger partial charge is 0.376 e. The summed E-state index contributed by atoms with van der Waals surface area (Å²) in [7, 11) is 0. The summed E-state index contributed by atoms with van der Waals surface area (Å²) in [4.78, 5) is 17.5. The van der Waals surface area contributed by atoms with E-state index in [1.54, 1.807) is 23.9 Å². The number of thioether (sulfide) groups is 1. The lowest BCUT2D eigenvalue weighted by molar-refractivity contribution is 0.0945. The lowest BCUT2D eigenvalue weighted by Crippen LogP contribution is -2.16. The maximum atomic E-state index is 13.1. The molecule has 0 spiro atoms. The van der Waals surface area contributed by atoms with Gasteiger partial charge in [-0.15, -0.1) is 0 Å². The second-order valence-electron chi connectivity index (χ2n) is 7.16. The molecule has 0 bridgehead atoms. The van der Waals surface area contributed by atoms with Gasteiger partial charge in [-0.3, -0.25) is 0 Å². The molecule has 1 unspecified atom stereocenters. The van der Waals surface area contributed by atoms with Gasteiger partial charge in [0.1, 0.15) is 11.6 Å². The summed E-state index contributed by atoms with van der Waals surface area (Å²) < 4.78 is 21.1. The number of imidazole rings is 1. The quantitative estimate of drug-likeness (QED) is 0.549. The number of benzene rings is 1. The van der Waals surface area contributed by atoms with E-state index in [0.29, 0.717) is 23.2 Å². The molecular weight excluding hydrogens is 405 g/mol. The Kier molecular flexibility index (Phi) is 6.14. The van der Waals surface area contributed by atoms with Crippen molar-refractivity contribution in [2.45, 2.75) is 50.2 Å². The molecule has 1 atom stereocenters. The van der Waals surface area contributed by atoms with Crippen molar-refractivity contribution in [3.63, 3.8) is 0 Å². The molecule has 0 amide bonds. The van der Waals surface area contributed by atoms with Crippen LogP contribution in [-0.2, 0) is 17.0 Å². The van der Waals surface area contributed by atoms with Gasteiger partial charge in [-0.05, 0) is 51.0 Å². The summed E-state index contributed by atoms with van der Waals surface area (Å²) in [6.45, 7) is 5.71. The molecule has 0 radical (unpaired) electrons. The third kappa shape index (κ3) is 4.88. The van der Waals surface area contributed by atoms with Gasteiger partial charge in [0.25, 0.3) is 0 Å². The van der Waals surface area contributed by atoms with E-state index in [9.17, 15) is 4.39 Å². The minimum absolute atomic E-state index is 0.125. The number of anilines is 3. The third-order valence-corrected chi connectivity index (χ3v) is 5.94. The summed E-state index contributed by atoms with van der Waals surface area (Å²) in [5, 5.41) is 3.94. The first-order chi connectivity index (χ1) is 14.5. The standard InChI is InChI=1S/C20H24FN7OS/c1-12-13(2)28(10-16-4-3-9-29-16)20(23-12)30-11-17-25-18(22)27-19(26-17)24-15-7-5-14(21)6-8-15/h5-8,16H,3-4,9-11H2,1-2H3,(H3,22,24,25,26,27). The van der Waals surface area contributed by atoms with Crippen LogP contribution in [0.4, 0.5) is 22.0 Å². The number of halogens is 1. The van der Waals surface area contributed by atoms with Crippen LogP contribution >= 0.6 is 11.8 Å². The van der Waals surface area contributed by atoms with E-state index >= 15 is 0 Å². The summed E-state index contributed by atoms with van der Waals surface area (Å²) >= 11 is 1.55. The molecule has 10 heteroatoms. The number of rotatable bonds is 7. The third-order valence-electron chi connectivity index (χ3n) is 4.96. The Morgan fingerprint density at radius 1 is 1.20 bits per heavy atom. The zero-order chi connectivity index (χ0) is 21.1. The van der Waals surface area contributed by atoms with Crippen LogP contribution in [-0.4, -0.2) is 37.2 Å². The average Bonchev–Trinajstić information content (AvgIpc) is 3.32. The Labute approximate surface area is 178 Å². The topological polar surface area (TPSA) is 104 Å². The highest BCUT2D eigenvalue weighted by atomic mass is 32.2. The molecule has 3 aromatic rings. The number of nitrogens with one attached hydrogen (secondary N) is 1. The Hall–Kier alpha value is -2.72. The molecule has 1 fully saturated rings. The van der Waals surface area contributed by atoms with Crippen molar-refractivity contribution >= 4 is 29.3 Å². The molecule has 158 valence electrons. The first-order valence-corrected chi connectivity index (χ1v) is 10.8. The van der Waals surface area contributed by atoms with Crippen LogP contribution in [0.15, 0.2) is 29.4 Å². The number of ether oxygens (including phenoxy) is 1. The number of nitrogens with zero attached hydrogens (tertiary/aromatic N) is 5. The molecule has 3 heterocycles. The van der Waals surface area contributed by atoms with Crippen LogP contribution in [0.3, 0.4) is 0 Å². The molecule has 1 saturated heterocycles. The van der Waals surface area contributed by atoms with Gasteiger partial charge in [-0.1, -0.05) is 11.8 Å². The van der Waals surface area contributed by atoms with E-state index in [2.05, 4.69) is 31.8 Å². The molecule has 1 aliphatic heterocycles. The van der Waals surface area contributed by atoms with Gasteiger partial charge in [0.2, 0.25) is 11.9 Å². The van der Waals surface area contributed by atoms with Gasteiger partial charge in [0.15, 0.2) is 5.16 Å².